The Morgan fingerprint density at radius 3 is 2.84 bits per heavy atom. The first-order valence-corrected chi connectivity index (χ1v) is 6.31. The summed E-state index contributed by atoms with van der Waals surface area (Å²) in [6.45, 7) is 3.43. The first-order valence-electron chi connectivity index (χ1n) is 5.52. The molecule has 0 spiro atoms. The molecule has 0 atom stereocenters. The fraction of sp³-hybridized carbons (Fsp3) is 0.231. The van der Waals surface area contributed by atoms with Gasteiger partial charge in [-0.25, -0.2) is 14.2 Å². The van der Waals surface area contributed by atoms with Gasteiger partial charge in [0, 0.05) is 4.47 Å². The Morgan fingerprint density at radius 2 is 2.21 bits per heavy atom. The second kappa shape index (κ2) is 5.52. The van der Waals surface area contributed by atoms with Crippen LogP contribution >= 0.6 is 15.9 Å². The van der Waals surface area contributed by atoms with Crippen LogP contribution in [0.15, 0.2) is 27.1 Å². The number of hydrogen-bond acceptors (Lipinski definition) is 4. The molecule has 0 aliphatic rings. The van der Waals surface area contributed by atoms with E-state index in [9.17, 15) is 9.18 Å². The van der Waals surface area contributed by atoms with Crippen molar-refractivity contribution in [1.82, 2.24) is 4.98 Å². The molecule has 0 aliphatic carbocycles. The highest BCUT2D eigenvalue weighted by Gasteiger charge is 2.15. The molecule has 0 saturated heterocycles. The van der Waals surface area contributed by atoms with E-state index in [0.29, 0.717) is 16.1 Å². The third kappa shape index (κ3) is 3.20. The molecule has 100 valence electrons. The molecule has 0 amide bonds. The van der Waals surface area contributed by atoms with Crippen molar-refractivity contribution in [1.29, 1.82) is 0 Å². The molecule has 1 aromatic heterocycles. The number of benzene rings is 1. The summed E-state index contributed by atoms with van der Waals surface area (Å²) >= 11 is 3.17. The van der Waals surface area contributed by atoms with E-state index in [-0.39, 0.29) is 12.2 Å². The Kier molecular flexibility index (Phi) is 3.99. The van der Waals surface area contributed by atoms with Crippen molar-refractivity contribution in [2.24, 2.45) is 0 Å². The van der Waals surface area contributed by atoms with E-state index < -0.39 is 11.8 Å². The minimum absolute atomic E-state index is 0.126. The van der Waals surface area contributed by atoms with Gasteiger partial charge in [-0.3, -0.25) is 0 Å². The molecule has 6 heteroatoms. The topological polar surface area (TPSA) is 52.3 Å². The van der Waals surface area contributed by atoms with E-state index in [4.69, 9.17) is 9.15 Å². The number of ether oxygens (including phenoxy) is 1. The van der Waals surface area contributed by atoms with Crippen LogP contribution in [0, 0.1) is 19.7 Å². The van der Waals surface area contributed by atoms with Crippen LogP contribution in [0.25, 0.3) is 0 Å². The van der Waals surface area contributed by atoms with Crippen molar-refractivity contribution in [3.8, 4) is 0 Å². The Bertz CT molecular complexity index is 605. The lowest BCUT2D eigenvalue weighted by Gasteiger charge is -2.04. The van der Waals surface area contributed by atoms with Gasteiger partial charge >= 0.3 is 5.97 Å². The third-order valence-electron chi connectivity index (χ3n) is 2.55. The molecule has 2 rings (SSSR count). The van der Waals surface area contributed by atoms with Crippen molar-refractivity contribution in [2.45, 2.75) is 20.5 Å². The molecule has 0 aliphatic heterocycles. The van der Waals surface area contributed by atoms with E-state index >= 15 is 0 Å². The fourth-order valence-electron chi connectivity index (χ4n) is 1.46. The molecule has 0 radical (unpaired) electrons. The standard InChI is InChI=1S/C13H11BrFNO3/c1-7-8(2)19-12(16-7)6-18-13(17)10-5-9(14)3-4-11(10)15/h3-5H,6H2,1-2H3. The van der Waals surface area contributed by atoms with Crippen LogP contribution < -0.4 is 0 Å². The molecule has 2 aromatic rings. The highest BCUT2D eigenvalue weighted by atomic mass is 79.9. The maximum atomic E-state index is 13.5. The maximum absolute atomic E-state index is 13.5. The molecular formula is C13H11BrFNO3. The zero-order chi connectivity index (χ0) is 14.0. The van der Waals surface area contributed by atoms with E-state index in [0.717, 1.165) is 5.69 Å². The first-order chi connectivity index (χ1) is 8.97. The number of carbonyl (C=O) groups excluding carboxylic acids is 1. The SMILES string of the molecule is Cc1nc(COC(=O)c2cc(Br)ccc2F)oc1C. The molecule has 1 heterocycles. The van der Waals surface area contributed by atoms with Crippen LogP contribution in [0.3, 0.4) is 0 Å². The zero-order valence-electron chi connectivity index (χ0n) is 10.4. The number of rotatable bonds is 3. The minimum atomic E-state index is -0.757. The van der Waals surface area contributed by atoms with Gasteiger partial charge in [0.05, 0.1) is 11.3 Å². The second-order valence-electron chi connectivity index (χ2n) is 3.95. The number of aromatic nitrogens is 1. The monoisotopic (exact) mass is 327 g/mol. The Balaban J connectivity index is 2.07. The van der Waals surface area contributed by atoms with Gasteiger partial charge in [0.15, 0.2) is 6.61 Å². The smallest absolute Gasteiger partial charge is 0.341 e. The average Bonchev–Trinajstić information content (AvgIpc) is 2.69. The molecule has 4 nitrogen and oxygen atoms in total. The second-order valence-corrected chi connectivity index (χ2v) is 4.87. The summed E-state index contributed by atoms with van der Waals surface area (Å²) in [5, 5.41) is 0. The van der Waals surface area contributed by atoms with Crippen LogP contribution in [-0.4, -0.2) is 11.0 Å². The van der Waals surface area contributed by atoms with Crippen LogP contribution in [0.4, 0.5) is 4.39 Å². The van der Waals surface area contributed by atoms with Gasteiger partial charge in [-0.1, -0.05) is 15.9 Å². The predicted molar refractivity (Wildman–Crippen MR) is 69.2 cm³/mol. The van der Waals surface area contributed by atoms with Gasteiger partial charge in [0.1, 0.15) is 11.6 Å². The van der Waals surface area contributed by atoms with Crippen LogP contribution in [-0.2, 0) is 11.3 Å². The molecule has 0 bridgehead atoms. The highest BCUT2D eigenvalue weighted by Crippen LogP contribution is 2.17. The summed E-state index contributed by atoms with van der Waals surface area (Å²) in [4.78, 5) is 15.8. The fourth-order valence-corrected chi connectivity index (χ4v) is 1.82. The average molecular weight is 328 g/mol. The normalized spacial score (nSPS) is 10.5. The van der Waals surface area contributed by atoms with E-state index in [2.05, 4.69) is 20.9 Å². The quantitative estimate of drug-likeness (QED) is 0.809. The molecule has 0 fully saturated rings. The molecule has 0 N–H and O–H groups in total. The zero-order valence-corrected chi connectivity index (χ0v) is 12.0. The summed E-state index contributed by atoms with van der Waals surface area (Å²) in [7, 11) is 0. The summed E-state index contributed by atoms with van der Waals surface area (Å²) < 4.78 is 24.3. The van der Waals surface area contributed by atoms with Crippen LogP contribution in [0.2, 0.25) is 0 Å². The first kappa shape index (κ1) is 13.7. The Labute approximate surface area is 117 Å². The van der Waals surface area contributed by atoms with E-state index in [1.165, 1.54) is 18.2 Å². The van der Waals surface area contributed by atoms with Gasteiger partial charge in [0.2, 0.25) is 5.89 Å². The lowest BCUT2D eigenvalue weighted by Crippen LogP contribution is -2.07. The maximum Gasteiger partial charge on any atom is 0.341 e. The minimum Gasteiger partial charge on any atom is -0.452 e. The van der Waals surface area contributed by atoms with Gasteiger partial charge < -0.3 is 9.15 Å². The Hall–Kier alpha value is -1.69. The number of carbonyl (C=O) groups is 1. The molecule has 19 heavy (non-hydrogen) atoms. The molecular weight excluding hydrogens is 317 g/mol. The predicted octanol–water partition coefficient (Wildman–Crippen LogP) is 3.55. The van der Waals surface area contributed by atoms with Gasteiger partial charge in [-0.05, 0) is 32.0 Å². The highest BCUT2D eigenvalue weighted by molar-refractivity contribution is 9.10. The summed E-state index contributed by atoms with van der Waals surface area (Å²) in [6.07, 6.45) is 0. The lowest BCUT2D eigenvalue weighted by atomic mass is 10.2. The van der Waals surface area contributed by atoms with Crippen LogP contribution in [0.5, 0.6) is 0 Å². The summed E-state index contributed by atoms with van der Waals surface area (Å²) in [5.74, 6) is -0.432. The van der Waals surface area contributed by atoms with Crippen molar-refractivity contribution < 1.29 is 18.3 Å². The van der Waals surface area contributed by atoms with Crippen LogP contribution in [0.1, 0.15) is 27.7 Å². The van der Waals surface area contributed by atoms with E-state index in [1.54, 1.807) is 13.8 Å². The van der Waals surface area contributed by atoms with Gasteiger partial charge in [-0.15, -0.1) is 0 Å². The van der Waals surface area contributed by atoms with Crippen molar-refractivity contribution in [2.75, 3.05) is 0 Å². The largest absolute Gasteiger partial charge is 0.452 e. The van der Waals surface area contributed by atoms with Gasteiger partial charge in [-0.2, -0.15) is 0 Å². The number of esters is 1. The summed E-state index contributed by atoms with van der Waals surface area (Å²) in [6, 6.07) is 4.07. The number of nitrogens with zero attached hydrogens (tertiary/aromatic N) is 1. The number of aryl methyl sites for hydroxylation is 2. The molecule has 0 saturated carbocycles. The molecule has 1 aromatic carbocycles. The third-order valence-corrected chi connectivity index (χ3v) is 3.04. The van der Waals surface area contributed by atoms with E-state index in [1.807, 2.05) is 0 Å². The number of hydrogen-bond donors (Lipinski definition) is 0. The molecule has 0 unspecified atom stereocenters. The number of oxazole rings is 1. The van der Waals surface area contributed by atoms with Gasteiger partial charge in [0.25, 0.3) is 0 Å². The van der Waals surface area contributed by atoms with Crippen molar-refractivity contribution in [3.63, 3.8) is 0 Å². The summed E-state index contributed by atoms with van der Waals surface area (Å²) in [5.41, 5.74) is 0.606. The van der Waals surface area contributed by atoms with Crippen molar-refractivity contribution >= 4 is 21.9 Å². The van der Waals surface area contributed by atoms with Crippen molar-refractivity contribution in [3.05, 3.63) is 51.4 Å². The number of halogens is 2. The lowest BCUT2D eigenvalue weighted by molar-refractivity contribution is 0.0431. The Morgan fingerprint density at radius 1 is 1.47 bits per heavy atom.